The van der Waals surface area contributed by atoms with Crippen LogP contribution in [0.15, 0.2) is 127 Å². The van der Waals surface area contributed by atoms with Gasteiger partial charge in [-0.3, -0.25) is 0 Å². The lowest BCUT2D eigenvalue weighted by atomic mass is 10.0. The maximum atomic E-state index is 12.4. The number of nitrogens with zero attached hydrogens (tertiary/aromatic N) is 1. The second kappa shape index (κ2) is 8.93. The van der Waals surface area contributed by atoms with E-state index in [9.17, 15) is 9.90 Å². The first-order chi connectivity index (χ1) is 16.2. The van der Waals surface area contributed by atoms with Gasteiger partial charge in [0.25, 0.3) is 5.69 Å². The average Bonchev–Trinajstić information content (AvgIpc) is 2.89. The van der Waals surface area contributed by atoms with Crippen LogP contribution in [-0.2, 0) is 0 Å². The number of pyridine rings is 1. The molecule has 5 rings (SSSR count). The lowest BCUT2D eigenvalue weighted by Gasteiger charge is -2.11. The smallest absolute Gasteiger partial charge is 0.401 e. The number of carbonyl (C=O) groups is 1. The molecule has 3 heteroatoms. The van der Waals surface area contributed by atoms with Gasteiger partial charge in [-0.15, -0.1) is 4.57 Å². The van der Waals surface area contributed by atoms with Crippen molar-refractivity contribution in [1.82, 2.24) is 0 Å². The zero-order valence-electron chi connectivity index (χ0n) is 17.9. The van der Waals surface area contributed by atoms with Gasteiger partial charge in [-0.25, -0.2) is 4.79 Å². The molecule has 0 fully saturated rings. The Morgan fingerprint density at radius 3 is 1.48 bits per heavy atom. The van der Waals surface area contributed by atoms with Crippen LogP contribution < -0.4 is 4.57 Å². The maximum Gasteiger partial charge on any atom is 0.401 e. The number of rotatable bonds is 5. The van der Waals surface area contributed by atoms with Crippen LogP contribution in [0.25, 0.3) is 39.2 Å². The van der Waals surface area contributed by atoms with Crippen LogP contribution in [0.5, 0.6) is 0 Å². The van der Waals surface area contributed by atoms with Gasteiger partial charge in [0.15, 0.2) is 0 Å². The first-order valence-corrected chi connectivity index (χ1v) is 10.8. The van der Waals surface area contributed by atoms with Crippen LogP contribution >= 0.6 is 0 Å². The summed E-state index contributed by atoms with van der Waals surface area (Å²) in [4.78, 5) is 12.4. The Morgan fingerprint density at radius 2 is 0.970 bits per heavy atom. The highest BCUT2D eigenvalue weighted by Gasteiger charge is 2.28. The zero-order valence-corrected chi connectivity index (χ0v) is 17.9. The quantitative estimate of drug-likeness (QED) is 0.318. The summed E-state index contributed by atoms with van der Waals surface area (Å²) >= 11 is 0. The van der Waals surface area contributed by atoms with E-state index in [1.54, 1.807) is 6.07 Å². The van der Waals surface area contributed by atoms with E-state index >= 15 is 0 Å². The van der Waals surface area contributed by atoms with Crippen molar-refractivity contribution < 1.29 is 14.5 Å². The van der Waals surface area contributed by atoms with E-state index in [-0.39, 0.29) is 5.69 Å². The Balaban J connectivity index is 1.73. The van der Waals surface area contributed by atoms with E-state index < -0.39 is 5.97 Å². The number of hydrogen-bond acceptors (Lipinski definition) is 1. The lowest BCUT2D eigenvalue weighted by Crippen LogP contribution is -2.40. The molecule has 0 aliphatic heterocycles. The predicted molar refractivity (Wildman–Crippen MR) is 131 cm³/mol. The summed E-state index contributed by atoms with van der Waals surface area (Å²) in [5.41, 5.74) is 6.82. The van der Waals surface area contributed by atoms with Gasteiger partial charge in [-0.05, 0) is 46.5 Å². The summed E-state index contributed by atoms with van der Waals surface area (Å²) in [5.74, 6) is -0.975. The van der Waals surface area contributed by atoms with Crippen molar-refractivity contribution in [1.29, 1.82) is 0 Å². The minimum absolute atomic E-state index is 0.211. The van der Waals surface area contributed by atoms with E-state index in [1.165, 1.54) is 0 Å². The number of aromatic nitrogens is 1. The second-order valence-electron chi connectivity index (χ2n) is 7.80. The summed E-state index contributed by atoms with van der Waals surface area (Å²) in [6.07, 6.45) is 0. The van der Waals surface area contributed by atoms with Crippen LogP contribution in [0.1, 0.15) is 10.5 Å². The summed E-state index contributed by atoms with van der Waals surface area (Å²) < 4.78 is 1.82. The van der Waals surface area contributed by atoms with E-state index in [0.717, 1.165) is 39.2 Å². The highest BCUT2D eigenvalue weighted by atomic mass is 16.4. The first-order valence-electron chi connectivity index (χ1n) is 10.8. The van der Waals surface area contributed by atoms with Crippen LogP contribution in [0.4, 0.5) is 0 Å². The monoisotopic (exact) mass is 428 g/mol. The molecule has 1 heterocycles. The molecule has 0 saturated heterocycles. The van der Waals surface area contributed by atoms with Gasteiger partial charge in [-0.2, -0.15) is 0 Å². The maximum absolute atomic E-state index is 12.4. The number of benzene rings is 4. The summed E-state index contributed by atoms with van der Waals surface area (Å²) in [6.45, 7) is 0. The minimum Gasteiger partial charge on any atom is -0.473 e. The largest absolute Gasteiger partial charge is 0.473 e. The van der Waals surface area contributed by atoms with E-state index in [2.05, 4.69) is 18.2 Å². The number of carboxylic acids is 1. The fourth-order valence-electron chi connectivity index (χ4n) is 4.08. The molecule has 0 aliphatic rings. The third-order valence-corrected chi connectivity index (χ3v) is 5.69. The summed E-state index contributed by atoms with van der Waals surface area (Å²) in [5, 5.41) is 10.2. The zero-order chi connectivity index (χ0) is 22.6. The summed E-state index contributed by atoms with van der Waals surface area (Å²) in [6, 6.07) is 41.7. The summed E-state index contributed by atoms with van der Waals surface area (Å²) in [7, 11) is 0. The normalized spacial score (nSPS) is 10.7. The van der Waals surface area contributed by atoms with Crippen LogP contribution in [0.2, 0.25) is 0 Å². The molecule has 0 amide bonds. The molecule has 0 bridgehead atoms. The van der Waals surface area contributed by atoms with Gasteiger partial charge >= 0.3 is 5.97 Å². The highest BCUT2D eigenvalue weighted by molar-refractivity contribution is 5.87. The van der Waals surface area contributed by atoms with Gasteiger partial charge in [0.2, 0.25) is 11.4 Å². The molecule has 1 N–H and O–H groups in total. The number of aromatic carboxylic acids is 1. The van der Waals surface area contributed by atoms with Crippen molar-refractivity contribution >= 4 is 5.97 Å². The Bertz CT molecular complexity index is 1400. The van der Waals surface area contributed by atoms with Crippen LogP contribution in [-0.4, -0.2) is 11.1 Å². The molecule has 5 aromatic rings. The van der Waals surface area contributed by atoms with E-state index in [0.29, 0.717) is 0 Å². The standard InChI is InChI=1S/C30H21NO2/c32-30(33)29-21-26(23-12-6-2-7-13-23)20-28(25-14-8-3-9-15-25)31(29)27-18-16-24(17-19-27)22-10-4-1-5-11-22/h1-21H/p+1. The van der Waals surface area contributed by atoms with Crippen molar-refractivity contribution in [2.24, 2.45) is 0 Å². The molecule has 1 aromatic heterocycles. The molecule has 33 heavy (non-hydrogen) atoms. The number of carboxylic acid groups (broad SMARTS) is 1. The molecule has 0 saturated carbocycles. The van der Waals surface area contributed by atoms with Gasteiger partial charge < -0.3 is 5.11 Å². The Labute approximate surface area is 192 Å². The van der Waals surface area contributed by atoms with Crippen molar-refractivity contribution in [2.75, 3.05) is 0 Å². The molecule has 3 nitrogen and oxygen atoms in total. The highest BCUT2D eigenvalue weighted by Crippen LogP contribution is 2.27. The Hall–Kier alpha value is -4.50. The molecule has 0 spiro atoms. The molecule has 4 aromatic carbocycles. The third kappa shape index (κ3) is 4.17. The van der Waals surface area contributed by atoms with Crippen molar-refractivity contribution in [3.8, 4) is 39.2 Å². The molecule has 0 radical (unpaired) electrons. The molecular formula is C30H22NO2+. The molecule has 0 atom stereocenters. The predicted octanol–water partition coefficient (Wildman–Crippen LogP) is 6.66. The van der Waals surface area contributed by atoms with Gasteiger partial charge in [-0.1, -0.05) is 78.9 Å². The van der Waals surface area contributed by atoms with Crippen molar-refractivity contribution in [3.63, 3.8) is 0 Å². The second-order valence-corrected chi connectivity index (χ2v) is 7.80. The molecule has 158 valence electrons. The molecule has 0 aliphatic carbocycles. The Kier molecular flexibility index (Phi) is 5.52. The van der Waals surface area contributed by atoms with E-state index in [1.807, 2.05) is 108 Å². The lowest BCUT2D eigenvalue weighted by molar-refractivity contribution is -0.587. The van der Waals surface area contributed by atoms with Gasteiger partial charge in [0, 0.05) is 29.8 Å². The van der Waals surface area contributed by atoms with Gasteiger partial charge in [0.1, 0.15) is 0 Å². The average molecular weight is 429 g/mol. The van der Waals surface area contributed by atoms with Crippen molar-refractivity contribution in [2.45, 2.75) is 0 Å². The van der Waals surface area contributed by atoms with Gasteiger partial charge in [0.05, 0.1) is 0 Å². The fraction of sp³-hybridized carbons (Fsp3) is 0. The number of hydrogen-bond donors (Lipinski definition) is 1. The third-order valence-electron chi connectivity index (χ3n) is 5.69. The fourth-order valence-corrected chi connectivity index (χ4v) is 4.08. The first kappa shape index (κ1) is 20.4. The van der Waals surface area contributed by atoms with E-state index in [4.69, 9.17) is 0 Å². The van der Waals surface area contributed by atoms with Crippen molar-refractivity contribution in [3.05, 3.63) is 133 Å². The SMILES string of the molecule is O=C(O)c1cc(-c2ccccc2)cc(-c2ccccc2)[n+]1-c1ccc(-c2ccccc2)cc1. The molecular weight excluding hydrogens is 406 g/mol. The molecule has 0 unspecified atom stereocenters. The minimum atomic E-state index is -0.975. The van der Waals surface area contributed by atoms with Crippen LogP contribution in [0.3, 0.4) is 0 Å². The Morgan fingerprint density at radius 1 is 0.515 bits per heavy atom. The van der Waals surface area contributed by atoms with Crippen LogP contribution in [0, 0.1) is 0 Å². The topological polar surface area (TPSA) is 41.2 Å².